The number of urea groups is 1. The van der Waals surface area contributed by atoms with E-state index >= 15 is 0 Å². The van der Waals surface area contributed by atoms with Crippen molar-refractivity contribution in [2.75, 3.05) is 19.6 Å². The van der Waals surface area contributed by atoms with E-state index in [-0.39, 0.29) is 30.4 Å². The SMILES string of the molecule is O=C(c1cccc2ccccc12)N1CCC(N2C(=O)CNC2=O)C1. The van der Waals surface area contributed by atoms with Gasteiger partial charge in [-0.3, -0.25) is 14.5 Å². The lowest BCUT2D eigenvalue weighted by molar-refractivity contribution is -0.126. The summed E-state index contributed by atoms with van der Waals surface area (Å²) in [6.45, 7) is 0.984. The van der Waals surface area contributed by atoms with Crippen molar-refractivity contribution in [3.63, 3.8) is 0 Å². The molecule has 24 heavy (non-hydrogen) atoms. The number of carbonyl (C=O) groups is 3. The monoisotopic (exact) mass is 323 g/mol. The van der Waals surface area contributed by atoms with Crippen LogP contribution in [-0.2, 0) is 4.79 Å². The average Bonchev–Trinajstić information content (AvgIpc) is 3.20. The molecule has 6 heteroatoms. The first-order valence-electron chi connectivity index (χ1n) is 8.02. The molecule has 2 aliphatic rings. The molecule has 0 spiro atoms. The van der Waals surface area contributed by atoms with E-state index in [1.165, 1.54) is 4.90 Å². The highest BCUT2D eigenvalue weighted by molar-refractivity contribution is 6.07. The van der Waals surface area contributed by atoms with Gasteiger partial charge in [0.15, 0.2) is 0 Å². The van der Waals surface area contributed by atoms with Crippen LogP contribution >= 0.6 is 0 Å². The summed E-state index contributed by atoms with van der Waals surface area (Å²) >= 11 is 0. The predicted molar refractivity (Wildman–Crippen MR) is 88.5 cm³/mol. The van der Waals surface area contributed by atoms with E-state index in [9.17, 15) is 14.4 Å². The van der Waals surface area contributed by atoms with Gasteiger partial charge >= 0.3 is 6.03 Å². The molecule has 0 radical (unpaired) electrons. The molecule has 0 aromatic heterocycles. The molecule has 2 aromatic rings. The molecule has 6 nitrogen and oxygen atoms in total. The molecule has 0 aliphatic carbocycles. The van der Waals surface area contributed by atoms with Gasteiger partial charge in [-0.1, -0.05) is 36.4 Å². The Balaban J connectivity index is 1.57. The largest absolute Gasteiger partial charge is 0.336 e. The van der Waals surface area contributed by atoms with Crippen LogP contribution in [0.2, 0.25) is 0 Å². The minimum Gasteiger partial charge on any atom is -0.336 e. The molecule has 2 fully saturated rings. The van der Waals surface area contributed by atoms with Crippen LogP contribution in [0.3, 0.4) is 0 Å². The van der Waals surface area contributed by atoms with Gasteiger partial charge in [-0.2, -0.15) is 0 Å². The quantitative estimate of drug-likeness (QED) is 0.854. The Labute approximate surface area is 139 Å². The normalized spacial score (nSPS) is 20.8. The second-order valence-corrected chi connectivity index (χ2v) is 6.14. The first-order valence-corrected chi connectivity index (χ1v) is 8.02. The third-order valence-corrected chi connectivity index (χ3v) is 4.71. The number of benzene rings is 2. The fourth-order valence-electron chi connectivity index (χ4n) is 3.52. The Morgan fingerprint density at radius 3 is 2.67 bits per heavy atom. The third kappa shape index (κ3) is 2.31. The maximum atomic E-state index is 12.9. The van der Waals surface area contributed by atoms with Gasteiger partial charge in [0.25, 0.3) is 5.91 Å². The number of fused-ring (bicyclic) bond motifs is 1. The first-order chi connectivity index (χ1) is 11.6. The number of likely N-dealkylation sites (tertiary alicyclic amines) is 1. The van der Waals surface area contributed by atoms with Crippen LogP contribution in [0, 0.1) is 0 Å². The van der Waals surface area contributed by atoms with E-state index in [1.54, 1.807) is 4.90 Å². The summed E-state index contributed by atoms with van der Waals surface area (Å²) in [5.74, 6) is -0.272. The average molecular weight is 323 g/mol. The van der Waals surface area contributed by atoms with E-state index in [2.05, 4.69) is 5.32 Å². The zero-order valence-corrected chi connectivity index (χ0v) is 13.1. The van der Waals surface area contributed by atoms with Gasteiger partial charge in [-0.25, -0.2) is 4.79 Å². The number of nitrogens with zero attached hydrogens (tertiary/aromatic N) is 2. The van der Waals surface area contributed by atoms with Gasteiger partial charge in [0.05, 0.1) is 12.6 Å². The molecule has 0 bridgehead atoms. The predicted octanol–water partition coefficient (Wildman–Crippen LogP) is 1.61. The summed E-state index contributed by atoms with van der Waals surface area (Å²) in [6, 6.07) is 12.9. The summed E-state index contributed by atoms with van der Waals surface area (Å²) in [4.78, 5) is 39.5. The number of nitrogens with one attached hydrogen (secondary N) is 1. The highest BCUT2D eigenvalue weighted by Crippen LogP contribution is 2.24. The summed E-state index contributed by atoms with van der Waals surface area (Å²) in [6.07, 6.45) is 0.621. The summed E-state index contributed by atoms with van der Waals surface area (Å²) in [7, 11) is 0. The maximum Gasteiger partial charge on any atom is 0.324 e. The lowest BCUT2D eigenvalue weighted by Gasteiger charge is -2.22. The number of hydrogen-bond acceptors (Lipinski definition) is 3. The van der Waals surface area contributed by atoms with Crippen molar-refractivity contribution < 1.29 is 14.4 Å². The molecule has 2 aromatic carbocycles. The van der Waals surface area contributed by atoms with Crippen LogP contribution in [0.25, 0.3) is 10.8 Å². The van der Waals surface area contributed by atoms with E-state index in [4.69, 9.17) is 0 Å². The molecule has 1 atom stereocenters. The van der Waals surface area contributed by atoms with Crippen molar-refractivity contribution in [2.24, 2.45) is 0 Å². The number of amides is 4. The van der Waals surface area contributed by atoms with Crippen LogP contribution in [0.1, 0.15) is 16.8 Å². The van der Waals surface area contributed by atoms with E-state index in [0.717, 1.165) is 10.8 Å². The molecule has 4 amide bonds. The Morgan fingerprint density at radius 1 is 1.08 bits per heavy atom. The zero-order chi connectivity index (χ0) is 16.7. The van der Waals surface area contributed by atoms with Gasteiger partial charge < -0.3 is 10.2 Å². The molecule has 2 saturated heterocycles. The second kappa shape index (κ2) is 5.63. The van der Waals surface area contributed by atoms with Crippen LogP contribution in [0.5, 0.6) is 0 Å². The van der Waals surface area contributed by atoms with Gasteiger partial charge in [0.2, 0.25) is 5.91 Å². The molecule has 4 rings (SSSR count). The molecule has 0 saturated carbocycles. The zero-order valence-electron chi connectivity index (χ0n) is 13.1. The Morgan fingerprint density at radius 2 is 1.88 bits per heavy atom. The highest BCUT2D eigenvalue weighted by atomic mass is 16.2. The molecule has 2 heterocycles. The summed E-state index contributed by atoms with van der Waals surface area (Å²) in [5, 5.41) is 4.47. The van der Waals surface area contributed by atoms with Gasteiger partial charge in [-0.05, 0) is 23.3 Å². The molecule has 122 valence electrons. The van der Waals surface area contributed by atoms with Crippen LogP contribution < -0.4 is 5.32 Å². The van der Waals surface area contributed by atoms with Crippen molar-refractivity contribution in [2.45, 2.75) is 12.5 Å². The number of rotatable bonds is 2. The van der Waals surface area contributed by atoms with E-state index < -0.39 is 0 Å². The Hall–Kier alpha value is -2.89. The lowest BCUT2D eigenvalue weighted by atomic mass is 10.0. The van der Waals surface area contributed by atoms with Crippen LogP contribution in [0.15, 0.2) is 42.5 Å². The minimum absolute atomic E-state index is 0.0482. The highest BCUT2D eigenvalue weighted by Gasteiger charge is 2.39. The summed E-state index contributed by atoms with van der Waals surface area (Å²) in [5.41, 5.74) is 0.658. The van der Waals surface area contributed by atoms with Gasteiger partial charge in [-0.15, -0.1) is 0 Å². The molecule has 1 unspecified atom stereocenters. The molecule has 2 aliphatic heterocycles. The molecular weight excluding hydrogens is 306 g/mol. The van der Waals surface area contributed by atoms with E-state index in [0.29, 0.717) is 25.1 Å². The molecular formula is C18H17N3O3. The minimum atomic E-state index is -0.357. The smallest absolute Gasteiger partial charge is 0.324 e. The standard InChI is InChI=1S/C18H17N3O3/c22-16-10-19-18(24)21(16)13-8-9-20(11-13)17(23)15-7-3-5-12-4-1-2-6-14(12)15/h1-7,13H,8-11H2,(H,19,24). The number of carbonyl (C=O) groups excluding carboxylic acids is 3. The van der Waals surface area contributed by atoms with Crippen molar-refractivity contribution >= 4 is 28.6 Å². The van der Waals surface area contributed by atoms with Gasteiger partial charge in [0, 0.05) is 18.7 Å². The van der Waals surface area contributed by atoms with E-state index in [1.807, 2.05) is 42.5 Å². The first kappa shape index (κ1) is 14.7. The van der Waals surface area contributed by atoms with Crippen molar-refractivity contribution in [1.29, 1.82) is 0 Å². The van der Waals surface area contributed by atoms with Crippen molar-refractivity contribution in [3.8, 4) is 0 Å². The number of imide groups is 1. The Bertz CT molecular complexity index is 827. The summed E-state index contributed by atoms with van der Waals surface area (Å²) < 4.78 is 0. The van der Waals surface area contributed by atoms with Crippen LogP contribution in [-0.4, -0.2) is 53.3 Å². The lowest BCUT2D eigenvalue weighted by Crippen LogP contribution is -2.42. The molecule has 1 N–H and O–H groups in total. The third-order valence-electron chi connectivity index (χ3n) is 4.71. The van der Waals surface area contributed by atoms with Crippen molar-refractivity contribution in [1.82, 2.24) is 15.1 Å². The van der Waals surface area contributed by atoms with Crippen molar-refractivity contribution in [3.05, 3.63) is 48.0 Å². The van der Waals surface area contributed by atoms with Crippen LogP contribution in [0.4, 0.5) is 4.79 Å². The topological polar surface area (TPSA) is 69.7 Å². The fourth-order valence-corrected chi connectivity index (χ4v) is 3.52. The number of hydrogen-bond donors (Lipinski definition) is 1. The second-order valence-electron chi connectivity index (χ2n) is 6.14. The Kier molecular flexibility index (Phi) is 3.45. The fraction of sp³-hybridized carbons (Fsp3) is 0.278. The van der Waals surface area contributed by atoms with Gasteiger partial charge in [0.1, 0.15) is 0 Å². The maximum absolute atomic E-state index is 12.9.